The third-order valence-electron chi connectivity index (χ3n) is 2.05. The van der Waals surface area contributed by atoms with Gasteiger partial charge in [-0.3, -0.25) is 0 Å². The molecule has 78 valence electrons. The Kier molecular flexibility index (Phi) is 3.78. The van der Waals surface area contributed by atoms with E-state index < -0.39 is 0 Å². The lowest BCUT2D eigenvalue weighted by Gasteiger charge is -1.99. The van der Waals surface area contributed by atoms with Crippen molar-refractivity contribution >= 4 is 23.8 Å². The van der Waals surface area contributed by atoms with Gasteiger partial charge in [-0.25, -0.2) is 4.39 Å². The van der Waals surface area contributed by atoms with Gasteiger partial charge in [0.15, 0.2) is 0 Å². The third kappa shape index (κ3) is 2.75. The first-order chi connectivity index (χ1) is 7.08. The van der Waals surface area contributed by atoms with Crippen LogP contribution in [0.4, 0.5) is 4.39 Å². The number of hydrogen-bond acceptors (Lipinski definition) is 2. The number of rotatable bonds is 0. The zero-order valence-electron chi connectivity index (χ0n) is 8.01. The summed E-state index contributed by atoms with van der Waals surface area (Å²) in [6.07, 6.45) is 3.14. The van der Waals surface area contributed by atoms with E-state index in [2.05, 4.69) is 0 Å². The van der Waals surface area contributed by atoms with Crippen molar-refractivity contribution in [3.63, 3.8) is 0 Å². The van der Waals surface area contributed by atoms with Crippen molar-refractivity contribution < 1.29 is 14.0 Å². The molecule has 0 N–H and O–H groups in total. The van der Waals surface area contributed by atoms with Gasteiger partial charge in [0.1, 0.15) is 5.82 Å². The summed E-state index contributed by atoms with van der Waals surface area (Å²) >= 11 is 5.64. The van der Waals surface area contributed by atoms with Crippen LogP contribution in [0.3, 0.4) is 0 Å². The smallest absolute Gasteiger partial charge is 0.205 e. The highest BCUT2D eigenvalue weighted by Crippen LogP contribution is 2.28. The molecule has 1 aliphatic carbocycles. The molecule has 0 heterocycles. The van der Waals surface area contributed by atoms with Crippen LogP contribution in [-0.4, -0.2) is 6.15 Å². The molecule has 0 spiro atoms. The fourth-order valence-electron chi connectivity index (χ4n) is 1.51. The van der Waals surface area contributed by atoms with Gasteiger partial charge in [-0.1, -0.05) is 23.3 Å². The summed E-state index contributed by atoms with van der Waals surface area (Å²) in [5.74, 6) is -0.321. The maximum Gasteiger partial charge on any atom is 0.373 e. The van der Waals surface area contributed by atoms with Crippen molar-refractivity contribution in [1.82, 2.24) is 0 Å². The molecule has 4 heteroatoms. The molecular formula is C11H8ClFO2. The molecule has 0 bridgehead atoms. The average Bonchev–Trinajstić information content (AvgIpc) is 2.47. The Labute approximate surface area is 91.4 Å². The van der Waals surface area contributed by atoms with E-state index in [1.807, 2.05) is 13.0 Å². The summed E-state index contributed by atoms with van der Waals surface area (Å²) in [6, 6.07) is 3.20. The normalized spacial score (nSPS) is 12.1. The number of hydrogen-bond donors (Lipinski definition) is 0. The third-order valence-corrected chi connectivity index (χ3v) is 2.34. The summed E-state index contributed by atoms with van der Waals surface area (Å²) < 4.78 is 12.9. The average molecular weight is 227 g/mol. The Morgan fingerprint density at radius 3 is 2.60 bits per heavy atom. The van der Waals surface area contributed by atoms with Gasteiger partial charge >= 0.3 is 6.15 Å². The maximum absolute atomic E-state index is 12.9. The Morgan fingerprint density at radius 2 is 2.00 bits per heavy atom. The SMILES string of the molecule is CC1=Cc2cc(Cl)c(F)cc2C1.O=C=O. The van der Waals surface area contributed by atoms with Crippen LogP contribution >= 0.6 is 11.6 Å². The van der Waals surface area contributed by atoms with E-state index >= 15 is 0 Å². The van der Waals surface area contributed by atoms with Crippen molar-refractivity contribution in [2.24, 2.45) is 0 Å². The monoisotopic (exact) mass is 226 g/mol. The molecule has 0 radical (unpaired) electrons. The lowest BCUT2D eigenvalue weighted by Crippen LogP contribution is -1.86. The number of benzene rings is 1. The molecule has 0 fully saturated rings. The molecule has 0 amide bonds. The molecule has 2 nitrogen and oxygen atoms in total. The van der Waals surface area contributed by atoms with E-state index in [1.54, 1.807) is 6.07 Å². The summed E-state index contributed by atoms with van der Waals surface area (Å²) in [6.45, 7) is 2.03. The van der Waals surface area contributed by atoms with Crippen molar-refractivity contribution in [2.45, 2.75) is 13.3 Å². The van der Waals surface area contributed by atoms with Gasteiger partial charge < -0.3 is 0 Å². The highest BCUT2D eigenvalue weighted by atomic mass is 35.5. The predicted octanol–water partition coefficient (Wildman–Crippen LogP) is 2.86. The fourth-order valence-corrected chi connectivity index (χ4v) is 1.68. The number of carbonyl (C=O) groups excluding carboxylic acids is 2. The number of halogens is 2. The van der Waals surface area contributed by atoms with Crippen LogP contribution in [0, 0.1) is 5.82 Å². The zero-order chi connectivity index (χ0) is 11.4. The molecule has 0 aliphatic heterocycles. The first kappa shape index (κ1) is 11.6. The van der Waals surface area contributed by atoms with Crippen molar-refractivity contribution in [2.75, 3.05) is 0 Å². The molecule has 15 heavy (non-hydrogen) atoms. The minimum absolute atomic E-state index is 0.208. The van der Waals surface area contributed by atoms with Gasteiger partial charge in [0, 0.05) is 0 Å². The van der Waals surface area contributed by atoms with Crippen molar-refractivity contribution in [3.8, 4) is 0 Å². The Balaban J connectivity index is 0.000000337. The Hall–Kier alpha value is -1.44. The molecule has 0 aromatic heterocycles. The summed E-state index contributed by atoms with van der Waals surface area (Å²) in [7, 11) is 0. The lowest BCUT2D eigenvalue weighted by molar-refractivity contribution is -0.191. The second-order valence-corrected chi connectivity index (χ2v) is 3.62. The van der Waals surface area contributed by atoms with Crippen molar-refractivity contribution in [1.29, 1.82) is 0 Å². The van der Waals surface area contributed by atoms with Gasteiger partial charge in [0.25, 0.3) is 0 Å². The topological polar surface area (TPSA) is 34.1 Å². The highest BCUT2D eigenvalue weighted by Gasteiger charge is 2.12. The number of fused-ring (bicyclic) bond motifs is 1. The summed E-state index contributed by atoms with van der Waals surface area (Å²) in [5, 5.41) is 0.208. The molecule has 0 unspecified atom stereocenters. The van der Waals surface area contributed by atoms with Crippen LogP contribution in [-0.2, 0) is 16.0 Å². The van der Waals surface area contributed by atoms with Gasteiger partial charge in [-0.05, 0) is 36.6 Å². The van der Waals surface area contributed by atoms with Gasteiger partial charge in [0.05, 0.1) is 5.02 Å². The molecule has 1 aromatic rings. The van der Waals surface area contributed by atoms with Gasteiger partial charge in [0.2, 0.25) is 0 Å². The summed E-state index contributed by atoms with van der Waals surface area (Å²) in [4.78, 5) is 16.2. The van der Waals surface area contributed by atoms with E-state index in [1.165, 1.54) is 11.6 Å². The Morgan fingerprint density at radius 1 is 1.40 bits per heavy atom. The maximum atomic E-state index is 12.9. The van der Waals surface area contributed by atoms with E-state index in [-0.39, 0.29) is 17.0 Å². The zero-order valence-corrected chi connectivity index (χ0v) is 8.77. The van der Waals surface area contributed by atoms with Crippen LogP contribution in [0.1, 0.15) is 18.1 Å². The molecule has 0 atom stereocenters. The summed E-state index contributed by atoms with van der Waals surface area (Å²) in [5.41, 5.74) is 3.35. The van der Waals surface area contributed by atoms with Gasteiger partial charge in [-0.2, -0.15) is 9.59 Å². The highest BCUT2D eigenvalue weighted by molar-refractivity contribution is 6.30. The van der Waals surface area contributed by atoms with Crippen LogP contribution in [0.5, 0.6) is 0 Å². The van der Waals surface area contributed by atoms with E-state index in [0.717, 1.165) is 17.5 Å². The minimum atomic E-state index is -0.321. The molecule has 1 aromatic carbocycles. The quantitative estimate of drug-likeness (QED) is 0.682. The van der Waals surface area contributed by atoms with Crippen LogP contribution in [0.15, 0.2) is 17.7 Å². The van der Waals surface area contributed by atoms with Crippen molar-refractivity contribution in [3.05, 3.63) is 39.7 Å². The molecule has 2 rings (SSSR count). The van der Waals surface area contributed by atoms with Crippen LogP contribution in [0.2, 0.25) is 5.02 Å². The molecule has 1 aliphatic rings. The second kappa shape index (κ2) is 4.87. The van der Waals surface area contributed by atoms with Crippen LogP contribution in [0.25, 0.3) is 6.08 Å². The van der Waals surface area contributed by atoms with E-state index in [9.17, 15) is 4.39 Å². The minimum Gasteiger partial charge on any atom is -0.205 e. The molecule has 0 saturated carbocycles. The molecular weight excluding hydrogens is 219 g/mol. The van der Waals surface area contributed by atoms with E-state index in [0.29, 0.717) is 0 Å². The first-order valence-corrected chi connectivity index (χ1v) is 4.60. The van der Waals surface area contributed by atoms with Crippen LogP contribution < -0.4 is 0 Å². The number of allylic oxidation sites excluding steroid dienone is 1. The largest absolute Gasteiger partial charge is 0.373 e. The lowest BCUT2D eigenvalue weighted by atomic mass is 10.1. The van der Waals surface area contributed by atoms with Gasteiger partial charge in [-0.15, -0.1) is 0 Å². The first-order valence-electron chi connectivity index (χ1n) is 4.23. The second-order valence-electron chi connectivity index (χ2n) is 3.22. The fraction of sp³-hybridized carbons (Fsp3) is 0.182. The Bertz CT molecular complexity index is 446. The standard InChI is InChI=1S/C10H8ClF.CO2/c1-6-2-7-4-9(11)10(12)5-8(7)3-6;2-1-3/h2,4-5H,3H2,1H3;. The van der Waals surface area contributed by atoms with E-state index in [4.69, 9.17) is 21.2 Å². The predicted molar refractivity (Wildman–Crippen MR) is 53.8 cm³/mol. The molecule has 0 saturated heterocycles.